The minimum atomic E-state index is 0.378. The van der Waals surface area contributed by atoms with Crippen molar-refractivity contribution in [3.63, 3.8) is 0 Å². The molecule has 3 rings (SSSR count). The Morgan fingerprint density at radius 3 is 2.44 bits per heavy atom. The van der Waals surface area contributed by atoms with Crippen LogP contribution in [0.5, 0.6) is 0 Å². The first kappa shape index (κ1) is 10.6. The molecule has 0 unspecified atom stereocenters. The van der Waals surface area contributed by atoms with Gasteiger partial charge in [0.2, 0.25) is 0 Å². The molecule has 0 spiro atoms. The Labute approximate surface area is 102 Å². The zero-order valence-electron chi connectivity index (χ0n) is 9.79. The van der Waals surface area contributed by atoms with Crippen molar-refractivity contribution < 1.29 is 9.63 Å². The summed E-state index contributed by atoms with van der Waals surface area (Å²) < 4.78 is 1.80. The Balaban J connectivity index is 2.65. The number of fused-ring (bicyclic) bond motifs is 2. The Hall–Kier alpha value is -2.56. The van der Waals surface area contributed by atoms with E-state index in [1.165, 1.54) is 0 Å². The van der Waals surface area contributed by atoms with Crippen LogP contribution in [0.4, 0.5) is 5.69 Å². The van der Waals surface area contributed by atoms with Crippen LogP contribution < -0.4 is 10.2 Å². The first-order valence-corrected chi connectivity index (χ1v) is 5.54. The van der Waals surface area contributed by atoms with Crippen molar-refractivity contribution in [1.29, 1.82) is 0 Å². The lowest BCUT2D eigenvalue weighted by atomic mass is 10.2. The molecule has 1 heterocycles. The molecule has 0 amide bonds. The molecule has 3 N–H and O–H groups in total. The topological polar surface area (TPSA) is 74.2 Å². The van der Waals surface area contributed by atoms with E-state index in [0.29, 0.717) is 27.8 Å². The number of benzene rings is 2. The fourth-order valence-corrected chi connectivity index (χ4v) is 2.12. The number of aromatic nitrogens is 2. The number of hydrogen-bond acceptors (Lipinski definition) is 3. The number of rotatable bonds is 0. The molecule has 18 heavy (non-hydrogen) atoms. The monoisotopic (exact) mass is 242 g/mol. The Bertz CT molecular complexity index is 771. The van der Waals surface area contributed by atoms with Crippen LogP contribution in [0.2, 0.25) is 0 Å². The van der Waals surface area contributed by atoms with Gasteiger partial charge in [0.05, 0.1) is 4.43 Å². The lowest BCUT2D eigenvalue weighted by Crippen LogP contribution is -2.20. The number of anilines is 1. The summed E-state index contributed by atoms with van der Waals surface area (Å²) in [6.07, 6.45) is 0. The zero-order valence-corrected chi connectivity index (χ0v) is 9.79. The van der Waals surface area contributed by atoms with Crippen molar-refractivity contribution in [3.8, 4) is 0 Å². The molecule has 1 aromatic heterocycles. The maximum absolute atomic E-state index is 12.2. The summed E-state index contributed by atoms with van der Waals surface area (Å²) in [6, 6.07) is 10.1. The molecule has 0 saturated heterocycles. The van der Waals surface area contributed by atoms with Crippen molar-refractivity contribution in [2.45, 2.75) is 6.92 Å². The molecule has 5 nitrogen and oxygen atoms in total. The van der Waals surface area contributed by atoms with Gasteiger partial charge >= 0.3 is 0 Å². The quantitative estimate of drug-likeness (QED) is 0.273. The minimum absolute atomic E-state index is 0.378. The van der Waals surface area contributed by atoms with Crippen molar-refractivity contribution in [2.75, 3.05) is 5.73 Å². The highest BCUT2D eigenvalue weighted by atomic mass is 16.5. The van der Waals surface area contributed by atoms with Crippen LogP contribution in [-0.4, -0.2) is 9.94 Å². The standard InChI is InChI=1S/C13H12N3O2/c1-8-2-4-10-12(6-8)16(18)13-7-9(14)3-5-11(13)15(10)17/h2-7,18H,14H2,1H3/q+1. The average Bonchev–Trinajstić information content (AvgIpc) is 2.35. The highest BCUT2D eigenvalue weighted by molar-refractivity contribution is 5.84. The Kier molecular flexibility index (Phi) is 2.04. The van der Waals surface area contributed by atoms with Gasteiger partial charge in [-0.15, -0.1) is 0 Å². The van der Waals surface area contributed by atoms with Gasteiger partial charge in [0, 0.05) is 22.7 Å². The van der Waals surface area contributed by atoms with Crippen LogP contribution in [0.25, 0.3) is 22.1 Å². The fraction of sp³-hybridized carbons (Fsp3) is 0.0769. The van der Waals surface area contributed by atoms with Crippen molar-refractivity contribution in [2.24, 2.45) is 0 Å². The molecule has 0 aliphatic carbocycles. The molecule has 3 aromatic rings. The van der Waals surface area contributed by atoms with Gasteiger partial charge in [0.15, 0.2) is 11.0 Å². The Morgan fingerprint density at radius 1 is 1.11 bits per heavy atom. The molecule has 0 atom stereocenters. The molecule has 0 bridgehead atoms. The largest absolute Gasteiger partial charge is 0.427 e. The van der Waals surface area contributed by atoms with Gasteiger partial charge in [-0.25, -0.2) is 0 Å². The molecule has 2 aromatic carbocycles. The third kappa shape index (κ3) is 1.34. The summed E-state index contributed by atoms with van der Waals surface area (Å²) in [5, 5.41) is 10.2. The maximum atomic E-state index is 12.2. The summed E-state index contributed by atoms with van der Waals surface area (Å²) in [6.45, 7) is 1.90. The normalized spacial score (nSPS) is 11.2. The predicted octanol–water partition coefficient (Wildman–Crippen LogP) is 1.84. The fourth-order valence-electron chi connectivity index (χ4n) is 2.12. The van der Waals surface area contributed by atoms with Crippen molar-refractivity contribution in [3.05, 3.63) is 46.9 Å². The molecular formula is C13H12N3O2+. The maximum Gasteiger partial charge on any atom is 0.290 e. The van der Waals surface area contributed by atoms with Crippen molar-refractivity contribution in [1.82, 2.24) is 4.73 Å². The SMILES string of the molecule is Cc1ccc2c(c1)n(O)c1cc(N)ccc1[n+]2=O. The average molecular weight is 242 g/mol. The smallest absolute Gasteiger partial charge is 0.290 e. The van der Waals surface area contributed by atoms with E-state index < -0.39 is 0 Å². The van der Waals surface area contributed by atoms with Gasteiger partial charge < -0.3 is 10.9 Å². The van der Waals surface area contributed by atoms with Crippen molar-refractivity contribution >= 4 is 27.8 Å². The molecular weight excluding hydrogens is 230 g/mol. The van der Waals surface area contributed by atoms with Crippen LogP contribution in [0.3, 0.4) is 0 Å². The number of hydrogen-bond donors (Lipinski definition) is 2. The summed E-state index contributed by atoms with van der Waals surface area (Å²) in [4.78, 5) is 12.2. The third-order valence-corrected chi connectivity index (χ3v) is 3.02. The van der Waals surface area contributed by atoms with E-state index in [2.05, 4.69) is 0 Å². The third-order valence-electron chi connectivity index (χ3n) is 3.02. The van der Waals surface area contributed by atoms with Gasteiger partial charge in [0.1, 0.15) is 0 Å². The molecule has 5 heteroatoms. The molecule has 0 aliphatic heterocycles. The predicted molar refractivity (Wildman–Crippen MR) is 69.1 cm³/mol. The van der Waals surface area contributed by atoms with E-state index in [1.54, 1.807) is 30.3 Å². The van der Waals surface area contributed by atoms with Crippen LogP contribution in [0, 0.1) is 11.8 Å². The second kappa shape index (κ2) is 3.46. The lowest BCUT2D eigenvalue weighted by Gasteiger charge is -2.04. The number of nitrogens with zero attached hydrogens (tertiary/aromatic N) is 2. The molecule has 0 aliphatic rings. The summed E-state index contributed by atoms with van der Waals surface area (Å²) in [5.74, 6) is 0. The summed E-state index contributed by atoms with van der Waals surface area (Å²) >= 11 is 0. The highest BCUT2D eigenvalue weighted by Crippen LogP contribution is 2.19. The molecule has 0 saturated carbocycles. The number of nitrogens with two attached hydrogens (primary N) is 1. The van der Waals surface area contributed by atoms with Crippen LogP contribution in [0.15, 0.2) is 36.4 Å². The van der Waals surface area contributed by atoms with E-state index in [-0.39, 0.29) is 0 Å². The van der Waals surface area contributed by atoms with E-state index in [9.17, 15) is 10.1 Å². The zero-order chi connectivity index (χ0) is 12.9. The minimum Gasteiger partial charge on any atom is -0.427 e. The summed E-state index contributed by atoms with van der Waals surface area (Å²) in [5.41, 5.74) is 8.79. The second-order valence-electron chi connectivity index (χ2n) is 4.35. The first-order valence-electron chi connectivity index (χ1n) is 5.54. The first-order chi connectivity index (χ1) is 8.58. The molecule has 90 valence electrons. The lowest BCUT2D eigenvalue weighted by molar-refractivity contribution is -0.433. The van der Waals surface area contributed by atoms with Crippen LogP contribution >= 0.6 is 0 Å². The van der Waals surface area contributed by atoms with Gasteiger partial charge in [0.25, 0.3) is 11.0 Å². The van der Waals surface area contributed by atoms with Gasteiger partial charge in [-0.1, -0.05) is 6.07 Å². The molecule has 0 fully saturated rings. The molecule has 0 radical (unpaired) electrons. The van der Waals surface area contributed by atoms with Crippen LogP contribution in [-0.2, 0) is 0 Å². The van der Waals surface area contributed by atoms with E-state index >= 15 is 0 Å². The van der Waals surface area contributed by atoms with Gasteiger partial charge in [-0.2, -0.15) is 4.73 Å². The van der Waals surface area contributed by atoms with E-state index in [4.69, 9.17) is 5.73 Å². The summed E-state index contributed by atoms with van der Waals surface area (Å²) in [7, 11) is 0. The number of aryl methyl sites for hydroxylation is 1. The Morgan fingerprint density at radius 2 is 1.72 bits per heavy atom. The van der Waals surface area contributed by atoms with Crippen LogP contribution in [0.1, 0.15) is 5.56 Å². The van der Waals surface area contributed by atoms with E-state index in [1.807, 2.05) is 13.0 Å². The number of nitrogen functional groups attached to an aromatic ring is 1. The van der Waals surface area contributed by atoms with E-state index in [0.717, 1.165) is 14.7 Å². The van der Waals surface area contributed by atoms with Gasteiger partial charge in [-0.05, 0) is 30.7 Å². The second-order valence-corrected chi connectivity index (χ2v) is 4.35. The van der Waals surface area contributed by atoms with Gasteiger partial charge in [-0.3, -0.25) is 0 Å². The highest BCUT2D eigenvalue weighted by Gasteiger charge is 2.18.